The Morgan fingerprint density at radius 1 is 1.71 bits per heavy atom. The molecule has 4 heteroatoms. The van der Waals surface area contributed by atoms with Crippen molar-refractivity contribution in [1.29, 1.82) is 0 Å². The number of hydrogen-bond donors (Lipinski definition) is 2. The number of hydrogen-bond acceptors (Lipinski definition) is 3. The summed E-state index contributed by atoms with van der Waals surface area (Å²) < 4.78 is 0. The molecular formula is C10H21N3O. The van der Waals surface area contributed by atoms with Crippen molar-refractivity contribution in [3.8, 4) is 0 Å². The average molecular weight is 199 g/mol. The Morgan fingerprint density at radius 2 is 2.43 bits per heavy atom. The molecule has 1 fully saturated rings. The third-order valence-electron chi connectivity index (χ3n) is 2.72. The molecule has 1 heterocycles. The van der Waals surface area contributed by atoms with Gasteiger partial charge in [0.1, 0.15) is 0 Å². The highest BCUT2D eigenvalue weighted by molar-refractivity contribution is 5.81. The van der Waals surface area contributed by atoms with Gasteiger partial charge in [-0.25, -0.2) is 0 Å². The van der Waals surface area contributed by atoms with Crippen molar-refractivity contribution in [3.05, 3.63) is 0 Å². The van der Waals surface area contributed by atoms with Gasteiger partial charge in [0.2, 0.25) is 5.91 Å². The van der Waals surface area contributed by atoms with Gasteiger partial charge >= 0.3 is 0 Å². The molecule has 0 aromatic rings. The lowest BCUT2D eigenvalue weighted by Gasteiger charge is -2.34. The molecule has 0 aliphatic carbocycles. The van der Waals surface area contributed by atoms with Crippen molar-refractivity contribution < 1.29 is 4.79 Å². The summed E-state index contributed by atoms with van der Waals surface area (Å²) in [6.07, 6.45) is 0. The summed E-state index contributed by atoms with van der Waals surface area (Å²) in [6, 6.07) is 0.0306. The number of nitrogens with zero attached hydrogens (tertiary/aromatic N) is 1. The molecule has 0 saturated carbocycles. The fourth-order valence-electron chi connectivity index (χ4n) is 1.89. The van der Waals surface area contributed by atoms with E-state index in [1.165, 1.54) is 0 Å². The number of amides is 1. The van der Waals surface area contributed by atoms with Gasteiger partial charge in [0.15, 0.2) is 0 Å². The molecule has 2 N–H and O–H groups in total. The van der Waals surface area contributed by atoms with E-state index in [1.54, 1.807) is 0 Å². The van der Waals surface area contributed by atoms with Crippen molar-refractivity contribution in [1.82, 2.24) is 15.5 Å². The van der Waals surface area contributed by atoms with Crippen LogP contribution in [0.2, 0.25) is 0 Å². The Morgan fingerprint density at radius 3 is 3.07 bits per heavy atom. The van der Waals surface area contributed by atoms with Crippen molar-refractivity contribution in [2.24, 2.45) is 5.92 Å². The molecule has 4 nitrogen and oxygen atoms in total. The van der Waals surface area contributed by atoms with Gasteiger partial charge in [-0.2, -0.15) is 0 Å². The van der Waals surface area contributed by atoms with Crippen LogP contribution in [-0.4, -0.2) is 50.1 Å². The summed E-state index contributed by atoms with van der Waals surface area (Å²) in [5.74, 6) is 0.751. The smallest absolute Gasteiger partial charge is 0.237 e. The number of piperazine rings is 1. The second kappa shape index (κ2) is 5.32. The van der Waals surface area contributed by atoms with E-state index in [-0.39, 0.29) is 11.9 Å². The summed E-state index contributed by atoms with van der Waals surface area (Å²) in [7, 11) is 1.96. The lowest BCUT2D eigenvalue weighted by atomic mass is 10.1. The zero-order valence-corrected chi connectivity index (χ0v) is 9.34. The number of carbonyl (C=O) groups is 1. The minimum absolute atomic E-state index is 0.0306. The first-order chi connectivity index (χ1) is 6.65. The standard InChI is InChI=1S/C10H21N3O/c1-8(6-11-3)7-13-5-4-12-10(14)9(13)2/h8-9,11H,4-7H2,1-3H3,(H,12,14). The van der Waals surface area contributed by atoms with E-state index in [0.29, 0.717) is 5.92 Å². The fraction of sp³-hybridized carbons (Fsp3) is 0.900. The van der Waals surface area contributed by atoms with Gasteiger partial charge in [-0.05, 0) is 26.4 Å². The van der Waals surface area contributed by atoms with E-state index in [0.717, 1.165) is 26.2 Å². The first kappa shape index (κ1) is 11.5. The zero-order chi connectivity index (χ0) is 10.6. The van der Waals surface area contributed by atoms with Crippen molar-refractivity contribution in [3.63, 3.8) is 0 Å². The fourth-order valence-corrected chi connectivity index (χ4v) is 1.89. The Bertz CT molecular complexity index is 196. The molecule has 1 rings (SSSR count). The maximum absolute atomic E-state index is 11.4. The lowest BCUT2D eigenvalue weighted by molar-refractivity contribution is -0.128. The van der Waals surface area contributed by atoms with Crippen LogP contribution in [0.15, 0.2) is 0 Å². The van der Waals surface area contributed by atoms with E-state index in [2.05, 4.69) is 22.5 Å². The molecular weight excluding hydrogens is 178 g/mol. The van der Waals surface area contributed by atoms with Gasteiger partial charge in [-0.3, -0.25) is 9.69 Å². The Kier molecular flexibility index (Phi) is 4.35. The summed E-state index contributed by atoms with van der Waals surface area (Å²) in [5, 5.41) is 6.03. The molecule has 1 aliphatic rings. The highest BCUT2D eigenvalue weighted by Crippen LogP contribution is 2.07. The molecule has 14 heavy (non-hydrogen) atoms. The monoisotopic (exact) mass is 199 g/mol. The van der Waals surface area contributed by atoms with Crippen molar-refractivity contribution in [2.75, 3.05) is 33.2 Å². The van der Waals surface area contributed by atoms with Gasteiger partial charge in [0.05, 0.1) is 6.04 Å². The lowest BCUT2D eigenvalue weighted by Crippen LogP contribution is -2.55. The predicted octanol–water partition coefficient (Wildman–Crippen LogP) is -0.338. The number of carbonyl (C=O) groups excluding carboxylic acids is 1. The van der Waals surface area contributed by atoms with Crippen LogP contribution >= 0.6 is 0 Å². The van der Waals surface area contributed by atoms with Gasteiger partial charge in [0, 0.05) is 19.6 Å². The highest BCUT2D eigenvalue weighted by atomic mass is 16.2. The normalized spacial score (nSPS) is 25.9. The van der Waals surface area contributed by atoms with Crippen molar-refractivity contribution >= 4 is 5.91 Å². The minimum atomic E-state index is 0.0306. The van der Waals surface area contributed by atoms with E-state index in [1.807, 2.05) is 14.0 Å². The number of nitrogens with one attached hydrogen (secondary N) is 2. The third kappa shape index (κ3) is 2.96. The summed E-state index contributed by atoms with van der Waals surface area (Å²) >= 11 is 0. The van der Waals surface area contributed by atoms with Crippen LogP contribution in [-0.2, 0) is 4.79 Å². The van der Waals surface area contributed by atoms with Crippen LogP contribution in [0.25, 0.3) is 0 Å². The Hall–Kier alpha value is -0.610. The van der Waals surface area contributed by atoms with Gasteiger partial charge in [0.25, 0.3) is 0 Å². The summed E-state index contributed by atoms with van der Waals surface area (Å²) in [6.45, 7) is 7.94. The third-order valence-corrected chi connectivity index (χ3v) is 2.72. The molecule has 1 amide bonds. The van der Waals surface area contributed by atoms with E-state index in [4.69, 9.17) is 0 Å². The largest absolute Gasteiger partial charge is 0.353 e. The number of rotatable bonds is 4. The molecule has 0 radical (unpaired) electrons. The highest BCUT2D eigenvalue weighted by Gasteiger charge is 2.25. The molecule has 82 valence electrons. The predicted molar refractivity (Wildman–Crippen MR) is 57.1 cm³/mol. The van der Waals surface area contributed by atoms with E-state index >= 15 is 0 Å². The second-order valence-corrected chi connectivity index (χ2v) is 4.12. The van der Waals surface area contributed by atoms with E-state index < -0.39 is 0 Å². The van der Waals surface area contributed by atoms with Crippen LogP contribution in [0.4, 0.5) is 0 Å². The van der Waals surface area contributed by atoms with Gasteiger partial charge < -0.3 is 10.6 Å². The molecule has 2 unspecified atom stereocenters. The van der Waals surface area contributed by atoms with Crippen LogP contribution in [0, 0.1) is 5.92 Å². The van der Waals surface area contributed by atoms with Gasteiger partial charge in [-0.1, -0.05) is 6.92 Å². The molecule has 0 bridgehead atoms. The first-order valence-electron chi connectivity index (χ1n) is 5.31. The van der Waals surface area contributed by atoms with Gasteiger partial charge in [-0.15, -0.1) is 0 Å². The zero-order valence-electron chi connectivity index (χ0n) is 9.34. The molecule has 1 saturated heterocycles. The molecule has 2 atom stereocenters. The Labute approximate surface area is 86.0 Å². The van der Waals surface area contributed by atoms with Crippen LogP contribution in [0.5, 0.6) is 0 Å². The molecule has 1 aliphatic heterocycles. The summed E-state index contributed by atoms with van der Waals surface area (Å²) in [4.78, 5) is 13.6. The molecule has 0 spiro atoms. The molecule has 0 aromatic carbocycles. The second-order valence-electron chi connectivity index (χ2n) is 4.12. The van der Waals surface area contributed by atoms with Crippen LogP contribution in [0.3, 0.4) is 0 Å². The SMILES string of the molecule is CNCC(C)CN1CCNC(=O)C1C. The summed E-state index contributed by atoms with van der Waals surface area (Å²) in [5.41, 5.74) is 0. The quantitative estimate of drug-likeness (QED) is 0.651. The van der Waals surface area contributed by atoms with E-state index in [9.17, 15) is 4.79 Å². The van der Waals surface area contributed by atoms with Crippen molar-refractivity contribution in [2.45, 2.75) is 19.9 Å². The minimum Gasteiger partial charge on any atom is -0.353 e. The maximum Gasteiger partial charge on any atom is 0.237 e. The maximum atomic E-state index is 11.4. The van der Waals surface area contributed by atoms with Crippen LogP contribution < -0.4 is 10.6 Å². The average Bonchev–Trinajstić information content (AvgIpc) is 2.13. The topological polar surface area (TPSA) is 44.4 Å². The Balaban J connectivity index is 2.38. The molecule has 0 aromatic heterocycles. The van der Waals surface area contributed by atoms with Crippen LogP contribution in [0.1, 0.15) is 13.8 Å². The first-order valence-corrected chi connectivity index (χ1v) is 5.31.